The Hall–Kier alpha value is -2.34. The van der Waals surface area contributed by atoms with Gasteiger partial charge in [0, 0.05) is 0 Å². The fourth-order valence-corrected chi connectivity index (χ4v) is 2.72. The van der Waals surface area contributed by atoms with Crippen LogP contribution in [0.1, 0.15) is 60.1 Å². The van der Waals surface area contributed by atoms with Gasteiger partial charge >= 0.3 is 0 Å². The van der Waals surface area contributed by atoms with Crippen LogP contribution in [0.2, 0.25) is 0 Å². The van der Waals surface area contributed by atoms with Gasteiger partial charge in [0.25, 0.3) is 0 Å². The molecule has 0 atom stereocenters. The molecule has 0 bridgehead atoms. The molecule has 0 unspecified atom stereocenters. The average molecular weight is 351 g/mol. The number of rotatable bonds is 2. The summed E-state index contributed by atoms with van der Waals surface area (Å²) in [6.07, 6.45) is 5.98. The van der Waals surface area contributed by atoms with Gasteiger partial charge in [0.15, 0.2) is 0 Å². The average Bonchev–Trinajstić information content (AvgIpc) is 2.72. The van der Waals surface area contributed by atoms with E-state index in [1.54, 1.807) is 0 Å². The molecule has 3 aromatic carbocycles. The van der Waals surface area contributed by atoms with Gasteiger partial charge in [-0.2, -0.15) is 0 Å². The van der Waals surface area contributed by atoms with Crippen LogP contribution in [-0.2, 0) is 0 Å². The molecule has 0 amide bonds. The molecule has 3 aromatic rings. The number of fused-ring (bicyclic) bond motifs is 3. The minimum atomic E-state index is 0. The normalized spacial score (nSPS) is 9.04. The molecule has 0 spiro atoms. The van der Waals surface area contributed by atoms with E-state index in [0.29, 0.717) is 0 Å². The van der Waals surface area contributed by atoms with E-state index in [9.17, 15) is 0 Å². The zero-order valence-electron chi connectivity index (χ0n) is 17.1. The predicted octanol–water partition coefficient (Wildman–Crippen LogP) is 9.22. The Morgan fingerprint density at radius 1 is 0.654 bits per heavy atom. The van der Waals surface area contributed by atoms with Crippen molar-refractivity contribution in [1.29, 1.82) is 0 Å². The lowest BCUT2D eigenvalue weighted by Crippen LogP contribution is -1.88. The van der Waals surface area contributed by atoms with Gasteiger partial charge in [0.05, 0.1) is 0 Å². The standard InChI is InChI=1S/C19H16.3C2H6.CH4/c1-3-4-9-15-14(2)16-10-5-6-11-18(16)19-13-8-7-12-17(15)19;3*1-2;/h3-13H,1H2,2H3;3*1-2H3;1H4/b9-4-;;;;. The summed E-state index contributed by atoms with van der Waals surface area (Å²) in [5, 5.41) is 5.26. The van der Waals surface area contributed by atoms with Crippen LogP contribution in [0.3, 0.4) is 0 Å². The minimum absolute atomic E-state index is 0. The van der Waals surface area contributed by atoms with Crippen LogP contribution in [0.25, 0.3) is 27.6 Å². The number of aryl methyl sites for hydroxylation is 1. The summed E-state index contributed by atoms with van der Waals surface area (Å²) in [7, 11) is 0. The molecular weight excluding hydrogens is 312 g/mol. The van der Waals surface area contributed by atoms with Gasteiger partial charge in [-0.15, -0.1) is 0 Å². The highest BCUT2D eigenvalue weighted by atomic mass is 14.1. The van der Waals surface area contributed by atoms with E-state index in [-0.39, 0.29) is 7.43 Å². The molecule has 0 heteroatoms. The summed E-state index contributed by atoms with van der Waals surface area (Å²) in [4.78, 5) is 0. The van der Waals surface area contributed by atoms with Crippen molar-refractivity contribution in [2.75, 3.05) is 0 Å². The summed E-state index contributed by atoms with van der Waals surface area (Å²) in [5.74, 6) is 0. The molecule has 0 N–H and O–H groups in total. The van der Waals surface area contributed by atoms with E-state index in [0.717, 1.165) is 0 Å². The summed E-state index contributed by atoms with van der Waals surface area (Å²) in [5.41, 5.74) is 2.61. The van der Waals surface area contributed by atoms with Crippen molar-refractivity contribution in [1.82, 2.24) is 0 Å². The first-order chi connectivity index (χ1) is 12.3. The van der Waals surface area contributed by atoms with E-state index in [2.05, 4.69) is 68.1 Å². The topological polar surface area (TPSA) is 0 Å². The lowest BCUT2D eigenvalue weighted by atomic mass is 9.92. The third-order valence-electron chi connectivity index (χ3n) is 3.64. The second-order valence-electron chi connectivity index (χ2n) is 4.72. The van der Waals surface area contributed by atoms with Gasteiger partial charge in [0.2, 0.25) is 0 Å². The van der Waals surface area contributed by atoms with Crippen molar-refractivity contribution in [3.63, 3.8) is 0 Å². The third kappa shape index (κ3) is 5.88. The van der Waals surface area contributed by atoms with Crippen LogP contribution in [0.4, 0.5) is 0 Å². The van der Waals surface area contributed by atoms with Gasteiger partial charge < -0.3 is 0 Å². The first-order valence-electron chi connectivity index (χ1n) is 9.52. The highest BCUT2D eigenvalue weighted by Gasteiger charge is 2.08. The zero-order chi connectivity index (χ0) is 19.2. The van der Waals surface area contributed by atoms with E-state index in [1.807, 2.05) is 53.7 Å². The molecule has 142 valence electrons. The van der Waals surface area contributed by atoms with Crippen molar-refractivity contribution >= 4 is 27.6 Å². The molecule has 0 aliphatic carbocycles. The largest absolute Gasteiger partial charge is 0.0991 e. The molecule has 0 aromatic heterocycles. The van der Waals surface area contributed by atoms with Crippen molar-refractivity contribution in [2.45, 2.75) is 55.9 Å². The van der Waals surface area contributed by atoms with Gasteiger partial charge in [-0.3, -0.25) is 0 Å². The molecule has 0 heterocycles. The van der Waals surface area contributed by atoms with Crippen molar-refractivity contribution in [3.8, 4) is 0 Å². The molecule has 0 radical (unpaired) electrons. The number of hydrogen-bond acceptors (Lipinski definition) is 0. The quantitative estimate of drug-likeness (QED) is 0.319. The van der Waals surface area contributed by atoms with Crippen molar-refractivity contribution in [2.24, 2.45) is 0 Å². The van der Waals surface area contributed by atoms with Crippen LogP contribution in [0, 0.1) is 6.92 Å². The molecular formula is C26H38. The molecule has 0 aliphatic heterocycles. The molecule has 0 saturated carbocycles. The van der Waals surface area contributed by atoms with E-state index < -0.39 is 0 Å². The lowest BCUT2D eigenvalue weighted by molar-refractivity contribution is 1.50. The lowest BCUT2D eigenvalue weighted by Gasteiger charge is -2.12. The van der Waals surface area contributed by atoms with Crippen molar-refractivity contribution < 1.29 is 0 Å². The number of allylic oxidation sites excluding steroid dienone is 2. The fraction of sp³-hybridized carbons (Fsp3) is 0.308. The van der Waals surface area contributed by atoms with Crippen LogP contribution >= 0.6 is 0 Å². The number of benzene rings is 3. The van der Waals surface area contributed by atoms with E-state index in [4.69, 9.17) is 0 Å². The second-order valence-corrected chi connectivity index (χ2v) is 4.72. The summed E-state index contributed by atoms with van der Waals surface area (Å²) < 4.78 is 0. The van der Waals surface area contributed by atoms with Crippen LogP contribution in [0.15, 0.2) is 67.3 Å². The van der Waals surface area contributed by atoms with Crippen LogP contribution in [-0.4, -0.2) is 0 Å². The van der Waals surface area contributed by atoms with E-state index in [1.165, 1.54) is 32.7 Å². The molecule has 26 heavy (non-hydrogen) atoms. The molecule has 0 nitrogen and oxygen atoms in total. The molecule has 0 aliphatic rings. The van der Waals surface area contributed by atoms with Gasteiger partial charge in [0.1, 0.15) is 0 Å². The molecule has 3 rings (SSSR count). The SMILES string of the molecule is C.C=C/C=C\c1c(C)c2ccccc2c2ccccc12.CC.CC.CC. The second kappa shape index (κ2) is 15.0. The summed E-state index contributed by atoms with van der Waals surface area (Å²) in [6, 6.07) is 17.2. The third-order valence-corrected chi connectivity index (χ3v) is 3.64. The van der Waals surface area contributed by atoms with E-state index >= 15 is 0 Å². The highest BCUT2D eigenvalue weighted by molar-refractivity contribution is 6.12. The fourth-order valence-electron chi connectivity index (χ4n) is 2.72. The monoisotopic (exact) mass is 350 g/mol. The van der Waals surface area contributed by atoms with Crippen LogP contribution in [0.5, 0.6) is 0 Å². The predicted molar refractivity (Wildman–Crippen MR) is 126 cm³/mol. The van der Waals surface area contributed by atoms with Crippen LogP contribution < -0.4 is 0 Å². The summed E-state index contributed by atoms with van der Waals surface area (Å²) >= 11 is 0. The van der Waals surface area contributed by atoms with Gasteiger partial charge in [-0.1, -0.05) is 122 Å². The minimum Gasteiger partial charge on any atom is -0.0991 e. The Kier molecular flexibility index (Phi) is 14.9. The first-order valence-corrected chi connectivity index (χ1v) is 9.52. The first kappa shape index (κ1) is 25.9. The highest BCUT2D eigenvalue weighted by Crippen LogP contribution is 2.33. The molecule has 0 fully saturated rings. The number of hydrogen-bond donors (Lipinski definition) is 0. The van der Waals surface area contributed by atoms with Gasteiger partial charge in [-0.05, 0) is 39.6 Å². The Labute approximate surface area is 162 Å². The summed E-state index contributed by atoms with van der Waals surface area (Å²) in [6.45, 7) is 18.0. The maximum absolute atomic E-state index is 3.76. The Morgan fingerprint density at radius 3 is 1.50 bits per heavy atom. The molecule has 0 saturated heterocycles. The Bertz CT molecular complexity index is 792. The smallest absolute Gasteiger partial charge is 0.00992 e. The van der Waals surface area contributed by atoms with Gasteiger partial charge in [-0.25, -0.2) is 0 Å². The van der Waals surface area contributed by atoms with Crippen molar-refractivity contribution in [3.05, 3.63) is 78.4 Å². The Balaban J connectivity index is 0. The zero-order valence-corrected chi connectivity index (χ0v) is 17.1. The Morgan fingerprint density at radius 2 is 1.04 bits per heavy atom. The maximum Gasteiger partial charge on any atom is -0.00992 e. The maximum atomic E-state index is 3.76.